The number of alkyl halides is 3. The lowest BCUT2D eigenvalue weighted by atomic mass is 9.79. The van der Waals surface area contributed by atoms with Gasteiger partial charge < -0.3 is 5.73 Å². The van der Waals surface area contributed by atoms with Crippen molar-refractivity contribution in [3.8, 4) is 0 Å². The molecule has 0 bridgehead atoms. The van der Waals surface area contributed by atoms with Crippen molar-refractivity contribution < 1.29 is 13.2 Å². The number of aromatic nitrogens is 1. The fourth-order valence-corrected chi connectivity index (χ4v) is 1.72. The SMILES string of the molecule is CCC(C)(C)c1cc(C)nc(N)c1C(F)(F)F. The molecule has 17 heavy (non-hydrogen) atoms. The van der Waals surface area contributed by atoms with Crippen LogP contribution in [0.4, 0.5) is 19.0 Å². The van der Waals surface area contributed by atoms with Crippen LogP contribution in [0.3, 0.4) is 0 Å². The zero-order valence-corrected chi connectivity index (χ0v) is 10.4. The third-order valence-electron chi connectivity index (χ3n) is 3.07. The quantitative estimate of drug-likeness (QED) is 0.864. The Labute approximate surface area is 99.0 Å². The smallest absolute Gasteiger partial charge is 0.383 e. The van der Waals surface area contributed by atoms with Gasteiger partial charge in [-0.25, -0.2) is 4.98 Å². The molecule has 1 aromatic heterocycles. The molecule has 0 radical (unpaired) electrons. The lowest BCUT2D eigenvalue weighted by Crippen LogP contribution is -2.24. The largest absolute Gasteiger partial charge is 0.420 e. The summed E-state index contributed by atoms with van der Waals surface area (Å²) >= 11 is 0. The van der Waals surface area contributed by atoms with E-state index in [1.54, 1.807) is 20.8 Å². The number of rotatable bonds is 2. The van der Waals surface area contributed by atoms with Crippen LogP contribution >= 0.6 is 0 Å². The fourth-order valence-electron chi connectivity index (χ4n) is 1.72. The first-order valence-electron chi connectivity index (χ1n) is 5.44. The van der Waals surface area contributed by atoms with Crippen LogP contribution in [0.15, 0.2) is 6.07 Å². The first kappa shape index (κ1) is 13.8. The van der Waals surface area contributed by atoms with Crippen molar-refractivity contribution in [2.24, 2.45) is 0 Å². The summed E-state index contributed by atoms with van der Waals surface area (Å²) in [5, 5.41) is 0. The number of pyridine rings is 1. The summed E-state index contributed by atoms with van der Waals surface area (Å²) in [7, 11) is 0. The molecule has 0 aliphatic heterocycles. The average molecular weight is 246 g/mol. The third kappa shape index (κ3) is 2.70. The van der Waals surface area contributed by atoms with E-state index in [2.05, 4.69) is 4.98 Å². The molecule has 1 rings (SSSR count). The molecule has 1 aromatic rings. The Morgan fingerprint density at radius 1 is 1.29 bits per heavy atom. The fraction of sp³-hybridized carbons (Fsp3) is 0.583. The number of hydrogen-bond donors (Lipinski definition) is 1. The Morgan fingerprint density at radius 2 is 1.82 bits per heavy atom. The van der Waals surface area contributed by atoms with E-state index >= 15 is 0 Å². The van der Waals surface area contributed by atoms with Crippen molar-refractivity contribution in [1.82, 2.24) is 4.98 Å². The highest BCUT2D eigenvalue weighted by atomic mass is 19.4. The van der Waals surface area contributed by atoms with Gasteiger partial charge in [0.05, 0.1) is 0 Å². The van der Waals surface area contributed by atoms with Gasteiger partial charge in [-0.1, -0.05) is 20.8 Å². The van der Waals surface area contributed by atoms with Crippen molar-refractivity contribution in [3.05, 3.63) is 22.9 Å². The van der Waals surface area contributed by atoms with Gasteiger partial charge in [0.25, 0.3) is 0 Å². The summed E-state index contributed by atoms with van der Waals surface area (Å²) in [6, 6.07) is 1.47. The molecule has 0 spiro atoms. The molecule has 96 valence electrons. The van der Waals surface area contributed by atoms with Gasteiger partial charge in [-0.15, -0.1) is 0 Å². The van der Waals surface area contributed by atoms with Crippen LogP contribution in [0, 0.1) is 6.92 Å². The van der Waals surface area contributed by atoms with Crippen LogP contribution in [0.5, 0.6) is 0 Å². The van der Waals surface area contributed by atoms with Crippen molar-refractivity contribution in [2.75, 3.05) is 5.73 Å². The second-order valence-corrected chi connectivity index (χ2v) is 4.81. The summed E-state index contributed by atoms with van der Waals surface area (Å²) in [4.78, 5) is 3.71. The van der Waals surface area contributed by atoms with Crippen molar-refractivity contribution in [2.45, 2.75) is 45.7 Å². The van der Waals surface area contributed by atoms with Crippen LogP contribution < -0.4 is 5.73 Å². The van der Waals surface area contributed by atoms with Gasteiger partial charge in [0, 0.05) is 5.69 Å². The normalized spacial score (nSPS) is 12.9. The van der Waals surface area contributed by atoms with Gasteiger partial charge in [0.2, 0.25) is 0 Å². The monoisotopic (exact) mass is 246 g/mol. The molecule has 0 aliphatic rings. The molecule has 5 heteroatoms. The maximum atomic E-state index is 13.0. The van der Waals surface area contributed by atoms with E-state index in [4.69, 9.17) is 5.73 Å². The number of hydrogen-bond acceptors (Lipinski definition) is 2. The van der Waals surface area contributed by atoms with E-state index in [0.717, 1.165) is 0 Å². The molecular weight excluding hydrogens is 229 g/mol. The molecule has 0 fully saturated rings. The summed E-state index contributed by atoms with van der Waals surface area (Å²) in [5.74, 6) is -0.436. The Kier molecular flexibility index (Phi) is 3.41. The van der Waals surface area contributed by atoms with Crippen LogP contribution in [0.2, 0.25) is 0 Å². The Hall–Kier alpha value is -1.26. The number of nitrogen functional groups attached to an aromatic ring is 1. The second-order valence-electron chi connectivity index (χ2n) is 4.81. The van der Waals surface area contributed by atoms with E-state index in [1.165, 1.54) is 6.07 Å². The Morgan fingerprint density at radius 3 is 2.24 bits per heavy atom. The van der Waals surface area contributed by atoms with Crippen LogP contribution in [-0.4, -0.2) is 4.98 Å². The van der Waals surface area contributed by atoms with E-state index in [-0.39, 0.29) is 5.56 Å². The standard InChI is InChI=1S/C12H17F3N2/c1-5-11(3,4)8-6-7(2)17-10(16)9(8)12(13,14)15/h6H,5H2,1-4H3,(H2,16,17). The first-order valence-corrected chi connectivity index (χ1v) is 5.44. The highest BCUT2D eigenvalue weighted by Gasteiger charge is 2.40. The van der Waals surface area contributed by atoms with Crippen molar-refractivity contribution >= 4 is 5.82 Å². The van der Waals surface area contributed by atoms with E-state index in [1.807, 2.05) is 6.92 Å². The van der Waals surface area contributed by atoms with Gasteiger partial charge in [-0.2, -0.15) is 13.2 Å². The van der Waals surface area contributed by atoms with Gasteiger partial charge >= 0.3 is 6.18 Å². The summed E-state index contributed by atoms with van der Waals surface area (Å²) in [6.45, 7) is 7.05. The van der Waals surface area contributed by atoms with Gasteiger partial charge in [0.1, 0.15) is 11.4 Å². The maximum absolute atomic E-state index is 13.0. The van der Waals surface area contributed by atoms with Gasteiger partial charge in [-0.05, 0) is 30.4 Å². The minimum absolute atomic E-state index is 0.220. The molecule has 0 atom stereocenters. The predicted octanol–water partition coefficient (Wildman–Crippen LogP) is 3.68. The summed E-state index contributed by atoms with van der Waals surface area (Å²) in [6.07, 6.45) is -3.87. The topological polar surface area (TPSA) is 38.9 Å². The summed E-state index contributed by atoms with van der Waals surface area (Å²) < 4.78 is 39.0. The maximum Gasteiger partial charge on any atom is 0.420 e. The second kappa shape index (κ2) is 4.20. The molecule has 1 heterocycles. The van der Waals surface area contributed by atoms with E-state index in [0.29, 0.717) is 12.1 Å². The predicted molar refractivity (Wildman–Crippen MR) is 61.7 cm³/mol. The molecule has 0 aliphatic carbocycles. The lowest BCUT2D eigenvalue weighted by molar-refractivity contribution is -0.138. The number of aryl methyl sites for hydroxylation is 1. The highest BCUT2D eigenvalue weighted by Crippen LogP contribution is 2.41. The molecular formula is C12H17F3N2. The molecule has 0 saturated carbocycles. The number of anilines is 1. The third-order valence-corrected chi connectivity index (χ3v) is 3.07. The number of nitrogens with two attached hydrogens (primary N) is 1. The van der Waals surface area contributed by atoms with Crippen LogP contribution in [-0.2, 0) is 11.6 Å². The van der Waals surface area contributed by atoms with Gasteiger partial charge in [-0.3, -0.25) is 0 Å². The zero-order valence-electron chi connectivity index (χ0n) is 10.4. The molecule has 0 amide bonds. The number of halogens is 3. The van der Waals surface area contributed by atoms with Crippen molar-refractivity contribution in [3.63, 3.8) is 0 Å². The summed E-state index contributed by atoms with van der Waals surface area (Å²) in [5.41, 5.74) is 4.78. The van der Waals surface area contributed by atoms with E-state index < -0.39 is 23.0 Å². The minimum Gasteiger partial charge on any atom is -0.383 e. The molecule has 2 nitrogen and oxygen atoms in total. The Balaban J connectivity index is 3.58. The van der Waals surface area contributed by atoms with Crippen molar-refractivity contribution in [1.29, 1.82) is 0 Å². The molecule has 0 aromatic carbocycles. The number of nitrogens with zero attached hydrogens (tertiary/aromatic N) is 1. The first-order chi connectivity index (χ1) is 7.59. The van der Waals surface area contributed by atoms with Gasteiger partial charge in [0.15, 0.2) is 0 Å². The highest BCUT2D eigenvalue weighted by molar-refractivity contribution is 5.50. The minimum atomic E-state index is -4.47. The van der Waals surface area contributed by atoms with Crippen LogP contribution in [0.25, 0.3) is 0 Å². The van der Waals surface area contributed by atoms with Crippen LogP contribution in [0.1, 0.15) is 44.0 Å². The Bertz CT molecular complexity index is 422. The lowest BCUT2D eigenvalue weighted by Gasteiger charge is -2.28. The zero-order chi connectivity index (χ0) is 13.4. The molecule has 0 saturated heterocycles. The molecule has 0 unspecified atom stereocenters. The molecule has 2 N–H and O–H groups in total. The van der Waals surface area contributed by atoms with E-state index in [9.17, 15) is 13.2 Å². The average Bonchev–Trinajstić information content (AvgIpc) is 2.14.